The molecular weight excluding hydrogens is 222 g/mol. The van der Waals surface area contributed by atoms with Gasteiger partial charge in [-0.25, -0.2) is 0 Å². The molecule has 1 radical (unpaired) electrons. The molecule has 1 rings (SSSR count). The molecule has 1 fully saturated rings. The second-order valence-corrected chi connectivity index (χ2v) is 5.63. The van der Waals surface area contributed by atoms with Crippen LogP contribution in [0, 0.1) is 0 Å². The van der Waals surface area contributed by atoms with Gasteiger partial charge in [0.25, 0.3) is 0 Å². The largest absolute Gasteiger partial charge is 0.303 e. The van der Waals surface area contributed by atoms with Crippen molar-refractivity contribution in [3.05, 3.63) is 0 Å². The van der Waals surface area contributed by atoms with Crippen molar-refractivity contribution < 1.29 is 4.79 Å². The van der Waals surface area contributed by atoms with Crippen LogP contribution in [0.2, 0.25) is 0 Å². The maximum absolute atomic E-state index is 10.0. The standard InChI is InChI=1S/C16H30NO/c18-16-12-8-6-4-2-1-3-5-7-9-13-17-14-10-11-15-17/h1-15H2. The molecule has 0 aliphatic carbocycles. The summed E-state index contributed by atoms with van der Waals surface area (Å²) in [6.07, 6.45) is 17.4. The van der Waals surface area contributed by atoms with Crippen molar-refractivity contribution in [2.75, 3.05) is 19.6 Å². The Labute approximate surface area is 113 Å². The Bertz CT molecular complexity index is 188. The first-order chi connectivity index (χ1) is 8.93. The van der Waals surface area contributed by atoms with Crippen LogP contribution < -0.4 is 0 Å². The van der Waals surface area contributed by atoms with Gasteiger partial charge in [-0.1, -0.05) is 44.9 Å². The van der Waals surface area contributed by atoms with E-state index < -0.39 is 0 Å². The van der Waals surface area contributed by atoms with Gasteiger partial charge in [0.1, 0.15) is 0 Å². The van der Waals surface area contributed by atoms with Crippen LogP contribution >= 0.6 is 0 Å². The third-order valence-corrected chi connectivity index (χ3v) is 3.95. The molecule has 0 aromatic heterocycles. The van der Waals surface area contributed by atoms with Crippen molar-refractivity contribution in [3.63, 3.8) is 0 Å². The lowest BCUT2D eigenvalue weighted by atomic mass is 10.1. The lowest BCUT2D eigenvalue weighted by molar-refractivity contribution is 0.327. The lowest BCUT2D eigenvalue weighted by Crippen LogP contribution is -2.20. The van der Waals surface area contributed by atoms with Crippen molar-refractivity contribution in [3.8, 4) is 0 Å². The molecule has 0 spiro atoms. The van der Waals surface area contributed by atoms with Gasteiger partial charge < -0.3 is 4.90 Å². The molecule has 18 heavy (non-hydrogen) atoms. The molecule has 1 heterocycles. The molecule has 1 aliphatic heterocycles. The SMILES string of the molecule is O=[C]CCCCCCCCCCCN1CCCC1. The normalized spacial score (nSPS) is 16.2. The fraction of sp³-hybridized carbons (Fsp3) is 0.938. The Kier molecular flexibility index (Phi) is 10.2. The second-order valence-electron chi connectivity index (χ2n) is 5.63. The highest BCUT2D eigenvalue weighted by atomic mass is 16.1. The molecule has 1 saturated heterocycles. The van der Waals surface area contributed by atoms with Crippen molar-refractivity contribution in [2.24, 2.45) is 0 Å². The Balaban J connectivity index is 1.69. The molecule has 105 valence electrons. The van der Waals surface area contributed by atoms with E-state index in [9.17, 15) is 4.79 Å². The van der Waals surface area contributed by atoms with Gasteiger partial charge in [-0.05, 0) is 45.3 Å². The van der Waals surface area contributed by atoms with Crippen LogP contribution in [-0.4, -0.2) is 30.8 Å². The Morgan fingerprint density at radius 2 is 1.22 bits per heavy atom. The smallest absolute Gasteiger partial charge is 0.198 e. The molecule has 2 heteroatoms. The Morgan fingerprint density at radius 1 is 0.722 bits per heavy atom. The summed E-state index contributed by atoms with van der Waals surface area (Å²) in [5.41, 5.74) is 0. The fourth-order valence-electron chi connectivity index (χ4n) is 2.78. The van der Waals surface area contributed by atoms with Crippen LogP contribution in [0.5, 0.6) is 0 Å². The summed E-state index contributed by atoms with van der Waals surface area (Å²) in [4.78, 5) is 12.6. The molecule has 1 aliphatic rings. The summed E-state index contributed by atoms with van der Waals surface area (Å²) in [5.74, 6) is 0. The van der Waals surface area contributed by atoms with Crippen LogP contribution in [0.15, 0.2) is 0 Å². The first-order valence-corrected chi connectivity index (χ1v) is 8.01. The molecule has 0 unspecified atom stereocenters. The van der Waals surface area contributed by atoms with E-state index in [1.165, 1.54) is 83.8 Å². The summed E-state index contributed by atoms with van der Waals surface area (Å²) >= 11 is 0. The topological polar surface area (TPSA) is 20.3 Å². The molecule has 0 aromatic carbocycles. The second kappa shape index (κ2) is 11.7. The number of nitrogens with zero attached hydrogens (tertiary/aromatic N) is 1. The third-order valence-electron chi connectivity index (χ3n) is 3.95. The number of hydrogen-bond donors (Lipinski definition) is 0. The molecule has 2 nitrogen and oxygen atoms in total. The first kappa shape index (κ1) is 15.7. The summed E-state index contributed by atoms with van der Waals surface area (Å²) in [6, 6.07) is 0. The third kappa shape index (κ3) is 8.68. The minimum Gasteiger partial charge on any atom is -0.303 e. The highest BCUT2D eigenvalue weighted by Crippen LogP contribution is 2.12. The highest BCUT2D eigenvalue weighted by molar-refractivity contribution is 5.50. The van der Waals surface area contributed by atoms with Gasteiger partial charge in [0, 0.05) is 6.42 Å². The fourth-order valence-corrected chi connectivity index (χ4v) is 2.78. The Morgan fingerprint density at radius 3 is 1.78 bits per heavy atom. The zero-order chi connectivity index (χ0) is 12.9. The van der Waals surface area contributed by atoms with Gasteiger partial charge in [0.15, 0.2) is 6.29 Å². The minimum absolute atomic E-state index is 0.635. The number of unbranched alkanes of at least 4 members (excludes halogenated alkanes) is 9. The number of likely N-dealkylation sites (tertiary alicyclic amines) is 1. The molecular formula is C16H30NO. The molecule has 0 aromatic rings. The highest BCUT2D eigenvalue weighted by Gasteiger charge is 2.09. The maximum Gasteiger partial charge on any atom is 0.198 e. The van der Waals surface area contributed by atoms with Gasteiger partial charge in [0.2, 0.25) is 0 Å². The van der Waals surface area contributed by atoms with E-state index in [2.05, 4.69) is 4.90 Å². The van der Waals surface area contributed by atoms with E-state index in [-0.39, 0.29) is 0 Å². The van der Waals surface area contributed by atoms with Crippen LogP contribution in [0.1, 0.15) is 77.0 Å². The lowest BCUT2D eigenvalue weighted by Gasteiger charge is -2.13. The van der Waals surface area contributed by atoms with Gasteiger partial charge in [-0.2, -0.15) is 0 Å². The van der Waals surface area contributed by atoms with Gasteiger partial charge in [0.05, 0.1) is 0 Å². The summed E-state index contributed by atoms with van der Waals surface area (Å²) in [5, 5.41) is 0. The average Bonchev–Trinajstić information content (AvgIpc) is 2.89. The van der Waals surface area contributed by atoms with E-state index in [1.54, 1.807) is 0 Å². The molecule has 0 amide bonds. The summed E-state index contributed by atoms with van der Waals surface area (Å²) in [7, 11) is 0. The molecule has 0 N–H and O–H groups in total. The zero-order valence-electron chi connectivity index (χ0n) is 12.0. The monoisotopic (exact) mass is 252 g/mol. The summed E-state index contributed by atoms with van der Waals surface area (Å²) in [6.45, 7) is 4.03. The molecule has 0 saturated carbocycles. The van der Waals surface area contributed by atoms with E-state index in [0.717, 1.165) is 6.42 Å². The van der Waals surface area contributed by atoms with Crippen molar-refractivity contribution >= 4 is 6.29 Å². The van der Waals surface area contributed by atoms with Crippen molar-refractivity contribution in [2.45, 2.75) is 77.0 Å². The van der Waals surface area contributed by atoms with Crippen LogP contribution in [-0.2, 0) is 4.79 Å². The predicted molar refractivity (Wildman–Crippen MR) is 77.5 cm³/mol. The number of carbonyl (C=O) groups excluding carboxylic acids is 1. The first-order valence-electron chi connectivity index (χ1n) is 8.01. The quantitative estimate of drug-likeness (QED) is 0.488. The van der Waals surface area contributed by atoms with E-state index in [0.29, 0.717) is 6.42 Å². The average molecular weight is 252 g/mol. The van der Waals surface area contributed by atoms with Crippen molar-refractivity contribution in [1.29, 1.82) is 0 Å². The van der Waals surface area contributed by atoms with Gasteiger partial charge >= 0.3 is 0 Å². The zero-order valence-corrected chi connectivity index (χ0v) is 12.0. The van der Waals surface area contributed by atoms with E-state index in [1.807, 2.05) is 6.29 Å². The number of hydrogen-bond acceptors (Lipinski definition) is 2. The Hall–Kier alpha value is -0.370. The van der Waals surface area contributed by atoms with Crippen molar-refractivity contribution in [1.82, 2.24) is 4.90 Å². The van der Waals surface area contributed by atoms with Crippen LogP contribution in [0.4, 0.5) is 0 Å². The van der Waals surface area contributed by atoms with Crippen LogP contribution in [0.25, 0.3) is 0 Å². The molecule has 0 atom stereocenters. The predicted octanol–water partition coefficient (Wildman–Crippen LogP) is 4.09. The summed E-state index contributed by atoms with van der Waals surface area (Å²) < 4.78 is 0. The molecule has 0 bridgehead atoms. The van der Waals surface area contributed by atoms with Crippen LogP contribution in [0.3, 0.4) is 0 Å². The minimum atomic E-state index is 0.635. The van der Waals surface area contributed by atoms with E-state index >= 15 is 0 Å². The number of rotatable bonds is 12. The van der Waals surface area contributed by atoms with E-state index in [4.69, 9.17) is 0 Å². The van der Waals surface area contributed by atoms with Gasteiger partial charge in [-0.3, -0.25) is 4.79 Å². The maximum atomic E-state index is 10.0. The van der Waals surface area contributed by atoms with Gasteiger partial charge in [-0.15, -0.1) is 0 Å².